The molecule has 0 aliphatic rings. The number of halogens is 1. The first-order valence-electron chi connectivity index (χ1n) is 6.83. The fraction of sp³-hybridized carbons (Fsp3) is 0.294. The van der Waals surface area contributed by atoms with Crippen LogP contribution >= 0.6 is 11.6 Å². The third kappa shape index (κ3) is 3.14. The Labute approximate surface area is 126 Å². The second-order valence-corrected chi connectivity index (χ2v) is 5.62. The normalized spacial score (nSPS) is 13.8. The summed E-state index contributed by atoms with van der Waals surface area (Å²) < 4.78 is 0. The third-order valence-corrected chi connectivity index (χ3v) is 3.99. The summed E-state index contributed by atoms with van der Waals surface area (Å²) in [5.41, 5.74) is 9.63. The molecule has 2 unspecified atom stereocenters. The average molecular weight is 289 g/mol. The molecular formula is C17H21ClN2. The van der Waals surface area contributed by atoms with Gasteiger partial charge in [-0.2, -0.15) is 0 Å². The molecule has 2 aromatic rings. The maximum Gasteiger partial charge on any atom is 0.0511 e. The van der Waals surface area contributed by atoms with E-state index in [0.29, 0.717) is 0 Å². The Hall–Kier alpha value is -1.51. The molecule has 2 atom stereocenters. The van der Waals surface area contributed by atoms with Crippen molar-refractivity contribution < 1.29 is 0 Å². The molecule has 0 radical (unpaired) electrons. The highest BCUT2D eigenvalue weighted by molar-refractivity contribution is 6.30. The van der Waals surface area contributed by atoms with Gasteiger partial charge < -0.3 is 10.6 Å². The predicted molar refractivity (Wildman–Crippen MR) is 87.3 cm³/mol. The van der Waals surface area contributed by atoms with Crippen molar-refractivity contribution in [2.45, 2.75) is 25.9 Å². The van der Waals surface area contributed by atoms with E-state index in [-0.39, 0.29) is 12.1 Å². The second-order valence-electron chi connectivity index (χ2n) is 5.19. The van der Waals surface area contributed by atoms with Crippen LogP contribution in [0.5, 0.6) is 0 Å². The van der Waals surface area contributed by atoms with Crippen molar-refractivity contribution in [3.05, 3.63) is 64.7 Å². The predicted octanol–water partition coefficient (Wildman–Crippen LogP) is 4.56. The third-order valence-electron chi connectivity index (χ3n) is 3.74. The highest BCUT2D eigenvalue weighted by Gasteiger charge is 2.16. The van der Waals surface area contributed by atoms with Gasteiger partial charge in [-0.3, -0.25) is 0 Å². The van der Waals surface area contributed by atoms with Gasteiger partial charge in [-0.1, -0.05) is 41.9 Å². The van der Waals surface area contributed by atoms with E-state index in [1.165, 1.54) is 11.3 Å². The van der Waals surface area contributed by atoms with E-state index in [9.17, 15) is 0 Å². The van der Waals surface area contributed by atoms with Crippen molar-refractivity contribution in [2.24, 2.45) is 5.73 Å². The number of nitrogens with two attached hydrogens (primary N) is 1. The van der Waals surface area contributed by atoms with Crippen molar-refractivity contribution in [1.82, 2.24) is 0 Å². The summed E-state index contributed by atoms with van der Waals surface area (Å²) in [6, 6.07) is 16.6. The number of nitrogens with zero attached hydrogens (tertiary/aromatic N) is 1. The van der Waals surface area contributed by atoms with Crippen LogP contribution in [0.25, 0.3) is 0 Å². The Kier molecular flexibility index (Phi) is 4.69. The van der Waals surface area contributed by atoms with E-state index >= 15 is 0 Å². The molecule has 0 aliphatic heterocycles. The molecule has 0 aromatic heterocycles. The molecule has 106 valence electrons. The lowest BCUT2D eigenvalue weighted by atomic mass is 10.0. The Morgan fingerprint density at radius 3 is 2.20 bits per heavy atom. The zero-order chi connectivity index (χ0) is 14.7. The summed E-state index contributed by atoms with van der Waals surface area (Å²) in [7, 11) is 2.10. The van der Waals surface area contributed by atoms with E-state index in [0.717, 1.165) is 10.6 Å². The van der Waals surface area contributed by atoms with Crippen molar-refractivity contribution in [1.29, 1.82) is 0 Å². The highest BCUT2D eigenvalue weighted by Crippen LogP contribution is 2.31. The Balaban J connectivity index is 2.31. The summed E-state index contributed by atoms with van der Waals surface area (Å²) in [6.45, 7) is 4.20. The van der Waals surface area contributed by atoms with E-state index in [1.54, 1.807) is 0 Å². The molecule has 0 bridgehead atoms. The van der Waals surface area contributed by atoms with Gasteiger partial charge in [0.2, 0.25) is 0 Å². The van der Waals surface area contributed by atoms with Gasteiger partial charge in [0, 0.05) is 23.8 Å². The quantitative estimate of drug-likeness (QED) is 0.894. The molecule has 0 amide bonds. The number of anilines is 1. The molecule has 0 saturated heterocycles. The summed E-state index contributed by atoms with van der Waals surface area (Å²) in [5.74, 6) is 0. The molecule has 2 rings (SSSR count). The molecule has 3 heteroatoms. The SMILES string of the molecule is CC(N)c1ccccc1N(C)C(C)c1ccc(Cl)cc1. The topological polar surface area (TPSA) is 29.3 Å². The van der Waals surface area contributed by atoms with Crippen molar-refractivity contribution >= 4 is 17.3 Å². The van der Waals surface area contributed by atoms with Gasteiger partial charge in [-0.05, 0) is 43.2 Å². The lowest BCUT2D eigenvalue weighted by molar-refractivity contribution is 0.723. The molecule has 0 fully saturated rings. The van der Waals surface area contributed by atoms with Crippen LogP contribution in [0.15, 0.2) is 48.5 Å². The average Bonchev–Trinajstić information content (AvgIpc) is 2.46. The number of benzene rings is 2. The standard InChI is InChI=1S/C17H21ClN2/c1-12(19)16-6-4-5-7-17(16)20(3)13(2)14-8-10-15(18)11-9-14/h4-13H,19H2,1-3H3. The monoisotopic (exact) mass is 288 g/mol. The van der Waals surface area contributed by atoms with E-state index < -0.39 is 0 Å². The maximum atomic E-state index is 6.07. The van der Waals surface area contributed by atoms with Gasteiger partial charge >= 0.3 is 0 Å². The first kappa shape index (κ1) is 14.9. The summed E-state index contributed by atoms with van der Waals surface area (Å²) in [5, 5.41) is 0.764. The minimum Gasteiger partial charge on any atom is -0.368 e. The van der Waals surface area contributed by atoms with Crippen LogP contribution in [-0.2, 0) is 0 Å². The largest absolute Gasteiger partial charge is 0.368 e. The minimum atomic E-state index is 0.0195. The lowest BCUT2D eigenvalue weighted by Gasteiger charge is -2.30. The molecule has 0 spiro atoms. The first-order valence-corrected chi connectivity index (χ1v) is 7.21. The second kappa shape index (κ2) is 6.29. The van der Waals surface area contributed by atoms with Crippen LogP contribution < -0.4 is 10.6 Å². The van der Waals surface area contributed by atoms with Crippen LogP contribution in [-0.4, -0.2) is 7.05 Å². The minimum absolute atomic E-state index is 0.0195. The molecule has 0 heterocycles. The molecule has 2 nitrogen and oxygen atoms in total. The molecular weight excluding hydrogens is 268 g/mol. The van der Waals surface area contributed by atoms with Gasteiger partial charge in [-0.25, -0.2) is 0 Å². The van der Waals surface area contributed by atoms with E-state index in [2.05, 4.69) is 43.1 Å². The number of hydrogen-bond donors (Lipinski definition) is 1. The van der Waals surface area contributed by atoms with Crippen molar-refractivity contribution in [2.75, 3.05) is 11.9 Å². The maximum absolute atomic E-state index is 6.07. The fourth-order valence-electron chi connectivity index (χ4n) is 2.37. The van der Waals surface area contributed by atoms with Crippen LogP contribution in [0.3, 0.4) is 0 Å². The van der Waals surface area contributed by atoms with Gasteiger partial charge in [0.1, 0.15) is 0 Å². The Morgan fingerprint density at radius 2 is 1.60 bits per heavy atom. The molecule has 2 aromatic carbocycles. The van der Waals surface area contributed by atoms with Gasteiger partial charge in [0.25, 0.3) is 0 Å². The van der Waals surface area contributed by atoms with Crippen LogP contribution in [0.4, 0.5) is 5.69 Å². The Morgan fingerprint density at radius 1 is 1.00 bits per heavy atom. The molecule has 20 heavy (non-hydrogen) atoms. The van der Waals surface area contributed by atoms with Gasteiger partial charge in [0.15, 0.2) is 0 Å². The van der Waals surface area contributed by atoms with Crippen LogP contribution in [0.1, 0.15) is 37.1 Å². The van der Waals surface area contributed by atoms with E-state index in [4.69, 9.17) is 17.3 Å². The molecule has 2 N–H and O–H groups in total. The summed E-state index contributed by atoms with van der Waals surface area (Å²) in [6.07, 6.45) is 0. The zero-order valence-corrected chi connectivity index (χ0v) is 12.9. The zero-order valence-electron chi connectivity index (χ0n) is 12.2. The number of rotatable bonds is 4. The molecule has 0 aliphatic carbocycles. The smallest absolute Gasteiger partial charge is 0.0511 e. The first-order chi connectivity index (χ1) is 9.50. The van der Waals surface area contributed by atoms with E-state index in [1.807, 2.05) is 31.2 Å². The molecule has 0 saturated carbocycles. The van der Waals surface area contributed by atoms with Gasteiger partial charge in [0.05, 0.1) is 6.04 Å². The Bertz CT molecular complexity index is 563. The van der Waals surface area contributed by atoms with Crippen LogP contribution in [0, 0.1) is 0 Å². The number of hydrogen-bond acceptors (Lipinski definition) is 2. The van der Waals surface area contributed by atoms with Crippen LogP contribution in [0.2, 0.25) is 5.02 Å². The summed E-state index contributed by atoms with van der Waals surface area (Å²) in [4.78, 5) is 2.25. The van der Waals surface area contributed by atoms with Gasteiger partial charge in [-0.15, -0.1) is 0 Å². The van der Waals surface area contributed by atoms with Crippen molar-refractivity contribution in [3.63, 3.8) is 0 Å². The lowest BCUT2D eigenvalue weighted by Crippen LogP contribution is -2.24. The number of para-hydroxylation sites is 1. The fourth-order valence-corrected chi connectivity index (χ4v) is 2.49. The van der Waals surface area contributed by atoms with Crippen molar-refractivity contribution in [3.8, 4) is 0 Å². The summed E-state index contributed by atoms with van der Waals surface area (Å²) >= 11 is 5.95. The highest BCUT2D eigenvalue weighted by atomic mass is 35.5.